The molecule has 1 fully saturated rings. The first-order valence-corrected chi connectivity index (χ1v) is 11.0. The van der Waals surface area contributed by atoms with Crippen LogP contribution in [0.2, 0.25) is 0 Å². The number of hydrogen-bond donors (Lipinski definition) is 0. The van der Waals surface area contributed by atoms with Gasteiger partial charge in [-0.3, -0.25) is 14.5 Å². The molecule has 158 valence electrons. The second-order valence-electron chi connectivity index (χ2n) is 8.62. The Kier molecular flexibility index (Phi) is 6.23. The molecular formula is C24H30N4O2. The normalized spacial score (nSPS) is 20.1. The molecule has 1 aromatic heterocycles. The van der Waals surface area contributed by atoms with Crippen LogP contribution in [0.3, 0.4) is 0 Å². The second kappa shape index (κ2) is 9.04. The van der Waals surface area contributed by atoms with E-state index >= 15 is 0 Å². The molecule has 6 nitrogen and oxygen atoms in total. The van der Waals surface area contributed by atoms with Crippen LogP contribution in [-0.4, -0.2) is 51.1 Å². The molecule has 0 N–H and O–H groups in total. The average molecular weight is 407 g/mol. The third kappa shape index (κ3) is 4.43. The smallest absolute Gasteiger partial charge is 0.236 e. The summed E-state index contributed by atoms with van der Waals surface area (Å²) < 4.78 is 0. The average Bonchev–Trinajstić information content (AvgIpc) is 3.20. The summed E-state index contributed by atoms with van der Waals surface area (Å²) in [6.07, 6.45) is 6.30. The Hall–Kier alpha value is -2.60. The number of carbonyl (C=O) groups is 2. The van der Waals surface area contributed by atoms with Crippen molar-refractivity contribution < 1.29 is 9.59 Å². The minimum atomic E-state index is 0.0407. The minimum Gasteiger partial charge on any atom is -0.341 e. The van der Waals surface area contributed by atoms with Crippen LogP contribution in [0.25, 0.3) is 0 Å². The third-order valence-corrected chi connectivity index (χ3v) is 6.48. The van der Waals surface area contributed by atoms with Crippen molar-refractivity contribution in [1.82, 2.24) is 19.8 Å². The van der Waals surface area contributed by atoms with Crippen molar-refractivity contribution in [3.8, 4) is 0 Å². The molecule has 3 heterocycles. The van der Waals surface area contributed by atoms with E-state index in [2.05, 4.69) is 20.9 Å². The van der Waals surface area contributed by atoms with E-state index in [0.29, 0.717) is 13.1 Å². The molecule has 2 unspecified atom stereocenters. The first-order valence-electron chi connectivity index (χ1n) is 11.0. The zero-order chi connectivity index (χ0) is 21.1. The summed E-state index contributed by atoms with van der Waals surface area (Å²) in [5, 5.41) is 0. The van der Waals surface area contributed by atoms with Gasteiger partial charge in [0.1, 0.15) is 6.33 Å². The molecule has 0 saturated carbocycles. The molecule has 0 aliphatic carbocycles. The van der Waals surface area contributed by atoms with E-state index in [9.17, 15) is 9.59 Å². The van der Waals surface area contributed by atoms with E-state index in [1.165, 1.54) is 5.56 Å². The highest BCUT2D eigenvalue weighted by Crippen LogP contribution is 2.29. The summed E-state index contributed by atoms with van der Waals surface area (Å²) in [6.45, 7) is 7.41. The molecular weight excluding hydrogens is 376 g/mol. The Morgan fingerprint density at radius 3 is 2.93 bits per heavy atom. The SMILES string of the molecule is CCC(C)C(=O)c1cccc(C2CCCN(C(=O)CN3Cc4cncnc4C3)C2)c1. The molecule has 2 aromatic rings. The molecule has 1 aromatic carbocycles. The van der Waals surface area contributed by atoms with Gasteiger partial charge in [0.15, 0.2) is 5.78 Å². The Morgan fingerprint density at radius 1 is 1.27 bits per heavy atom. The number of ketones is 1. The van der Waals surface area contributed by atoms with Gasteiger partial charge in [-0.05, 0) is 30.9 Å². The van der Waals surface area contributed by atoms with Gasteiger partial charge in [-0.2, -0.15) is 0 Å². The van der Waals surface area contributed by atoms with E-state index in [-0.39, 0.29) is 23.5 Å². The third-order valence-electron chi connectivity index (χ3n) is 6.48. The highest BCUT2D eigenvalue weighted by atomic mass is 16.2. The number of amides is 1. The van der Waals surface area contributed by atoms with Crippen LogP contribution >= 0.6 is 0 Å². The van der Waals surface area contributed by atoms with Crippen LogP contribution in [-0.2, 0) is 17.9 Å². The quantitative estimate of drug-likeness (QED) is 0.688. The van der Waals surface area contributed by atoms with Gasteiger partial charge in [-0.25, -0.2) is 9.97 Å². The summed E-state index contributed by atoms with van der Waals surface area (Å²) in [5.74, 6) is 0.708. The van der Waals surface area contributed by atoms with E-state index in [1.807, 2.05) is 43.1 Å². The number of fused-ring (bicyclic) bond motifs is 1. The second-order valence-corrected chi connectivity index (χ2v) is 8.62. The molecule has 0 bridgehead atoms. The van der Waals surface area contributed by atoms with E-state index < -0.39 is 0 Å². The highest BCUT2D eigenvalue weighted by molar-refractivity contribution is 5.97. The largest absolute Gasteiger partial charge is 0.341 e. The van der Waals surface area contributed by atoms with Crippen molar-refractivity contribution in [2.75, 3.05) is 19.6 Å². The zero-order valence-electron chi connectivity index (χ0n) is 17.9. The van der Waals surface area contributed by atoms with Gasteiger partial charge in [-0.1, -0.05) is 32.0 Å². The van der Waals surface area contributed by atoms with Crippen molar-refractivity contribution in [3.63, 3.8) is 0 Å². The molecule has 2 aliphatic rings. The number of likely N-dealkylation sites (tertiary alicyclic amines) is 1. The fraction of sp³-hybridized carbons (Fsp3) is 0.500. The van der Waals surface area contributed by atoms with Crippen molar-refractivity contribution >= 4 is 11.7 Å². The number of nitrogens with zero attached hydrogens (tertiary/aromatic N) is 4. The predicted molar refractivity (Wildman–Crippen MR) is 115 cm³/mol. The van der Waals surface area contributed by atoms with Gasteiger partial charge in [0.25, 0.3) is 0 Å². The molecule has 2 aliphatic heterocycles. The molecule has 2 atom stereocenters. The summed E-state index contributed by atoms with van der Waals surface area (Å²) in [7, 11) is 0. The standard InChI is InChI=1S/C24H30N4O2/c1-3-17(2)24(30)19-7-4-6-18(10-19)20-8-5-9-28(13-20)23(29)15-27-12-21-11-25-16-26-22(21)14-27/h4,6-7,10-11,16-17,20H,3,5,8-9,12-15H2,1-2H3. The van der Waals surface area contributed by atoms with Crippen LogP contribution in [0, 0.1) is 5.92 Å². The first kappa shape index (κ1) is 20.7. The Bertz CT molecular complexity index is 904. The molecule has 30 heavy (non-hydrogen) atoms. The van der Waals surface area contributed by atoms with Gasteiger partial charge in [0.2, 0.25) is 5.91 Å². The van der Waals surface area contributed by atoms with Crippen molar-refractivity contribution in [1.29, 1.82) is 0 Å². The van der Waals surface area contributed by atoms with Crippen LogP contribution < -0.4 is 0 Å². The van der Waals surface area contributed by atoms with Crippen LogP contribution in [0.15, 0.2) is 36.8 Å². The monoisotopic (exact) mass is 406 g/mol. The van der Waals surface area contributed by atoms with Gasteiger partial charge in [0, 0.05) is 55.3 Å². The molecule has 4 rings (SSSR count). The fourth-order valence-corrected chi connectivity index (χ4v) is 4.46. The van der Waals surface area contributed by atoms with E-state index in [1.54, 1.807) is 6.33 Å². The Balaban J connectivity index is 1.39. The van der Waals surface area contributed by atoms with Crippen LogP contribution in [0.4, 0.5) is 0 Å². The van der Waals surface area contributed by atoms with Crippen molar-refractivity contribution in [2.45, 2.75) is 52.1 Å². The Morgan fingerprint density at radius 2 is 2.13 bits per heavy atom. The number of carbonyl (C=O) groups excluding carboxylic acids is 2. The van der Waals surface area contributed by atoms with Crippen LogP contribution in [0.1, 0.15) is 66.2 Å². The number of benzene rings is 1. The predicted octanol–water partition coefficient (Wildman–Crippen LogP) is 3.43. The molecule has 6 heteroatoms. The molecule has 0 radical (unpaired) electrons. The lowest BCUT2D eigenvalue weighted by atomic mass is 9.88. The number of piperidine rings is 1. The lowest BCUT2D eigenvalue weighted by molar-refractivity contribution is -0.133. The summed E-state index contributed by atoms with van der Waals surface area (Å²) in [6, 6.07) is 8.04. The van der Waals surface area contributed by atoms with E-state index in [0.717, 1.165) is 55.7 Å². The summed E-state index contributed by atoms with van der Waals surface area (Å²) in [5.41, 5.74) is 4.11. The molecule has 0 spiro atoms. The maximum atomic E-state index is 13.0. The maximum Gasteiger partial charge on any atom is 0.236 e. The topological polar surface area (TPSA) is 66.4 Å². The minimum absolute atomic E-state index is 0.0407. The lowest BCUT2D eigenvalue weighted by Crippen LogP contribution is -2.43. The fourth-order valence-electron chi connectivity index (χ4n) is 4.46. The van der Waals surface area contributed by atoms with Gasteiger partial charge in [-0.15, -0.1) is 0 Å². The number of aromatic nitrogens is 2. The summed E-state index contributed by atoms with van der Waals surface area (Å²) in [4.78, 5) is 38.1. The highest BCUT2D eigenvalue weighted by Gasteiger charge is 2.28. The van der Waals surface area contributed by atoms with Crippen LogP contribution in [0.5, 0.6) is 0 Å². The number of hydrogen-bond acceptors (Lipinski definition) is 5. The Labute approximate surface area is 178 Å². The van der Waals surface area contributed by atoms with Gasteiger partial charge >= 0.3 is 0 Å². The number of rotatable bonds is 6. The molecule has 1 amide bonds. The van der Waals surface area contributed by atoms with Gasteiger partial charge < -0.3 is 4.90 Å². The maximum absolute atomic E-state index is 13.0. The van der Waals surface area contributed by atoms with Crippen molar-refractivity contribution in [3.05, 3.63) is 59.2 Å². The van der Waals surface area contributed by atoms with E-state index in [4.69, 9.17) is 0 Å². The summed E-state index contributed by atoms with van der Waals surface area (Å²) >= 11 is 0. The number of Topliss-reactive ketones (excluding diaryl/α,β-unsaturated/α-hetero) is 1. The zero-order valence-corrected chi connectivity index (χ0v) is 17.9. The first-order chi connectivity index (χ1) is 14.5. The van der Waals surface area contributed by atoms with Gasteiger partial charge in [0.05, 0.1) is 12.2 Å². The molecule has 1 saturated heterocycles. The lowest BCUT2D eigenvalue weighted by Gasteiger charge is -2.34. The van der Waals surface area contributed by atoms with Crippen molar-refractivity contribution in [2.24, 2.45) is 5.92 Å².